The Balaban J connectivity index is 2.28. The number of nitrogen functional groups attached to an aromatic ring is 1. The molecule has 5 nitrogen and oxygen atoms in total. The number of amides is 2. The van der Waals surface area contributed by atoms with E-state index in [0.29, 0.717) is 29.2 Å². The Bertz CT molecular complexity index is 545. The van der Waals surface area contributed by atoms with E-state index in [9.17, 15) is 9.59 Å². The summed E-state index contributed by atoms with van der Waals surface area (Å²) < 4.78 is 0. The average Bonchev–Trinajstić information content (AvgIpc) is 2.88. The van der Waals surface area contributed by atoms with Crippen LogP contribution in [0.2, 0.25) is 5.02 Å². The van der Waals surface area contributed by atoms with Crippen molar-refractivity contribution < 1.29 is 9.59 Å². The molecule has 0 aromatic heterocycles. The van der Waals surface area contributed by atoms with E-state index < -0.39 is 6.04 Å². The van der Waals surface area contributed by atoms with Crippen molar-refractivity contribution >= 4 is 29.1 Å². The number of hydrogen-bond donors (Lipinski definition) is 1. The van der Waals surface area contributed by atoms with Crippen LogP contribution in [0.25, 0.3) is 0 Å². The van der Waals surface area contributed by atoms with E-state index in [-0.39, 0.29) is 11.8 Å². The van der Waals surface area contributed by atoms with Gasteiger partial charge < -0.3 is 15.5 Å². The van der Waals surface area contributed by atoms with Crippen LogP contribution in [-0.4, -0.2) is 48.3 Å². The van der Waals surface area contributed by atoms with Crippen LogP contribution in [0.15, 0.2) is 18.2 Å². The molecule has 1 atom stereocenters. The molecule has 1 aromatic carbocycles. The van der Waals surface area contributed by atoms with Gasteiger partial charge in [0.2, 0.25) is 5.91 Å². The van der Waals surface area contributed by atoms with E-state index in [1.807, 2.05) is 0 Å². The summed E-state index contributed by atoms with van der Waals surface area (Å²) in [4.78, 5) is 27.8. The number of carbonyl (C=O) groups excluding carboxylic acids is 2. The number of rotatable bonds is 2. The van der Waals surface area contributed by atoms with Gasteiger partial charge in [-0.05, 0) is 31.0 Å². The molecular weight excluding hydrogens is 278 g/mol. The number of likely N-dealkylation sites (N-methyl/N-ethyl adjacent to an activating group) is 1. The molecule has 2 amide bonds. The fourth-order valence-electron chi connectivity index (χ4n) is 2.43. The zero-order chi connectivity index (χ0) is 14.9. The lowest BCUT2D eigenvalue weighted by Crippen LogP contribution is -2.45. The summed E-state index contributed by atoms with van der Waals surface area (Å²) in [6, 6.07) is 4.39. The maximum absolute atomic E-state index is 12.6. The van der Waals surface area contributed by atoms with Crippen molar-refractivity contribution in [2.24, 2.45) is 0 Å². The molecule has 1 aliphatic rings. The number of nitrogens with two attached hydrogens (primary N) is 1. The van der Waals surface area contributed by atoms with Crippen LogP contribution in [0.3, 0.4) is 0 Å². The van der Waals surface area contributed by atoms with Gasteiger partial charge in [0, 0.05) is 26.3 Å². The van der Waals surface area contributed by atoms with Gasteiger partial charge in [0.15, 0.2) is 0 Å². The van der Waals surface area contributed by atoms with E-state index in [1.54, 1.807) is 37.2 Å². The van der Waals surface area contributed by atoms with Crippen molar-refractivity contribution in [3.63, 3.8) is 0 Å². The highest BCUT2D eigenvalue weighted by atomic mass is 35.5. The second-order valence-electron chi connectivity index (χ2n) is 5.13. The van der Waals surface area contributed by atoms with Gasteiger partial charge in [-0.15, -0.1) is 0 Å². The number of benzene rings is 1. The Morgan fingerprint density at radius 2 is 2.10 bits per heavy atom. The molecule has 1 heterocycles. The number of nitrogens with zero attached hydrogens (tertiary/aromatic N) is 2. The van der Waals surface area contributed by atoms with Gasteiger partial charge in [-0.3, -0.25) is 9.59 Å². The van der Waals surface area contributed by atoms with Gasteiger partial charge in [-0.2, -0.15) is 0 Å². The van der Waals surface area contributed by atoms with Crippen molar-refractivity contribution in [2.75, 3.05) is 26.4 Å². The van der Waals surface area contributed by atoms with Crippen molar-refractivity contribution in [1.29, 1.82) is 0 Å². The summed E-state index contributed by atoms with van der Waals surface area (Å²) in [7, 11) is 3.38. The van der Waals surface area contributed by atoms with Crippen molar-refractivity contribution in [1.82, 2.24) is 9.80 Å². The average molecular weight is 296 g/mol. The molecule has 1 aromatic rings. The second-order valence-corrected chi connectivity index (χ2v) is 5.54. The molecule has 20 heavy (non-hydrogen) atoms. The smallest absolute Gasteiger partial charge is 0.256 e. The Hall–Kier alpha value is -1.75. The topological polar surface area (TPSA) is 66.6 Å². The minimum Gasteiger partial charge on any atom is -0.399 e. The summed E-state index contributed by atoms with van der Waals surface area (Å²) in [6.07, 6.45) is 1.50. The predicted octanol–water partition coefficient (Wildman–Crippen LogP) is 1.61. The molecule has 0 spiro atoms. The third-order valence-corrected chi connectivity index (χ3v) is 3.79. The van der Waals surface area contributed by atoms with E-state index in [2.05, 4.69) is 0 Å². The molecule has 0 bridgehead atoms. The Kier molecular flexibility index (Phi) is 4.18. The van der Waals surface area contributed by atoms with Gasteiger partial charge in [0.05, 0.1) is 10.6 Å². The third-order valence-electron chi connectivity index (χ3n) is 3.46. The fourth-order valence-corrected chi connectivity index (χ4v) is 2.62. The summed E-state index contributed by atoms with van der Waals surface area (Å²) >= 11 is 6.06. The fraction of sp³-hybridized carbons (Fsp3) is 0.429. The predicted molar refractivity (Wildman–Crippen MR) is 78.6 cm³/mol. The first-order chi connectivity index (χ1) is 9.41. The van der Waals surface area contributed by atoms with Gasteiger partial charge in [0.25, 0.3) is 5.91 Å². The Morgan fingerprint density at radius 1 is 1.40 bits per heavy atom. The minimum absolute atomic E-state index is 0.0594. The number of hydrogen-bond acceptors (Lipinski definition) is 3. The monoisotopic (exact) mass is 295 g/mol. The van der Waals surface area contributed by atoms with Gasteiger partial charge in [-0.1, -0.05) is 11.6 Å². The van der Waals surface area contributed by atoms with E-state index in [4.69, 9.17) is 17.3 Å². The molecule has 1 unspecified atom stereocenters. The zero-order valence-corrected chi connectivity index (χ0v) is 12.4. The lowest BCUT2D eigenvalue weighted by molar-refractivity contribution is -0.132. The summed E-state index contributed by atoms with van der Waals surface area (Å²) in [5.41, 5.74) is 6.53. The van der Waals surface area contributed by atoms with Crippen molar-refractivity contribution in [3.8, 4) is 0 Å². The van der Waals surface area contributed by atoms with Gasteiger partial charge in [0.1, 0.15) is 6.04 Å². The lowest BCUT2D eigenvalue weighted by atomic mass is 10.1. The molecule has 1 fully saturated rings. The van der Waals surface area contributed by atoms with Crippen LogP contribution in [0.1, 0.15) is 23.2 Å². The zero-order valence-electron chi connectivity index (χ0n) is 11.6. The molecule has 0 aliphatic carbocycles. The second kappa shape index (κ2) is 5.71. The van der Waals surface area contributed by atoms with Crippen LogP contribution >= 0.6 is 11.6 Å². The maximum atomic E-state index is 12.6. The van der Waals surface area contributed by atoms with Crippen LogP contribution < -0.4 is 5.73 Å². The first-order valence-electron chi connectivity index (χ1n) is 6.49. The summed E-state index contributed by atoms with van der Waals surface area (Å²) in [5, 5.41) is 0.354. The maximum Gasteiger partial charge on any atom is 0.256 e. The van der Waals surface area contributed by atoms with Crippen molar-refractivity contribution in [2.45, 2.75) is 18.9 Å². The number of likely N-dealkylation sites (tertiary alicyclic amines) is 1. The quantitative estimate of drug-likeness (QED) is 0.843. The standard InChI is InChI=1S/C14H18ClN3O2/c1-17(2)14(20)12-4-3-7-18(12)13(19)10-8-9(16)5-6-11(10)15/h5-6,8,12H,3-4,7,16H2,1-2H3. The van der Waals surface area contributed by atoms with Gasteiger partial charge in [-0.25, -0.2) is 0 Å². The van der Waals surface area contributed by atoms with Crippen LogP contribution in [-0.2, 0) is 4.79 Å². The molecule has 1 saturated heterocycles. The van der Waals surface area contributed by atoms with Crippen LogP contribution in [0, 0.1) is 0 Å². The van der Waals surface area contributed by atoms with E-state index >= 15 is 0 Å². The lowest BCUT2D eigenvalue weighted by Gasteiger charge is -2.26. The molecule has 0 radical (unpaired) electrons. The first-order valence-corrected chi connectivity index (χ1v) is 6.86. The van der Waals surface area contributed by atoms with Crippen molar-refractivity contribution in [3.05, 3.63) is 28.8 Å². The molecular formula is C14H18ClN3O2. The molecule has 6 heteroatoms. The largest absolute Gasteiger partial charge is 0.399 e. The summed E-state index contributed by atoms with van der Waals surface area (Å²) in [6.45, 7) is 0.564. The third kappa shape index (κ3) is 2.72. The Morgan fingerprint density at radius 3 is 2.75 bits per heavy atom. The molecule has 2 N–H and O–H groups in total. The van der Waals surface area contributed by atoms with Crippen LogP contribution in [0.5, 0.6) is 0 Å². The normalized spacial score (nSPS) is 18.1. The molecule has 0 saturated carbocycles. The minimum atomic E-state index is -0.407. The highest BCUT2D eigenvalue weighted by Crippen LogP contribution is 2.26. The Labute approximate surface area is 123 Å². The first kappa shape index (κ1) is 14.7. The summed E-state index contributed by atoms with van der Waals surface area (Å²) in [5.74, 6) is -0.295. The van der Waals surface area contributed by atoms with Crippen LogP contribution in [0.4, 0.5) is 5.69 Å². The number of anilines is 1. The molecule has 1 aliphatic heterocycles. The van der Waals surface area contributed by atoms with Gasteiger partial charge >= 0.3 is 0 Å². The highest BCUT2D eigenvalue weighted by Gasteiger charge is 2.35. The SMILES string of the molecule is CN(C)C(=O)C1CCCN1C(=O)c1cc(N)ccc1Cl. The number of carbonyl (C=O) groups is 2. The van der Waals surface area contributed by atoms with E-state index in [1.165, 1.54) is 4.90 Å². The number of halogens is 1. The van der Waals surface area contributed by atoms with E-state index in [0.717, 1.165) is 6.42 Å². The molecule has 108 valence electrons. The highest BCUT2D eigenvalue weighted by molar-refractivity contribution is 6.34. The molecule has 2 rings (SSSR count).